The molecule has 8 heavy (non-hydrogen) atoms. The fourth-order valence-corrected chi connectivity index (χ4v) is 1.42. The minimum atomic E-state index is -1.45. The molecule has 2 nitrogen and oxygen atoms in total. The first-order chi connectivity index (χ1) is 3.66. The van der Waals surface area contributed by atoms with Gasteiger partial charge in [0.05, 0.1) is 0 Å². The average Bonchev–Trinajstić information content (AvgIpc) is 1.65. The molecular weight excluding hydrogens is 143 g/mol. The van der Waals surface area contributed by atoms with E-state index < -0.39 is 7.23 Å². The Morgan fingerprint density at radius 2 is 2.12 bits per heavy atom. The van der Waals surface area contributed by atoms with Crippen LogP contribution in [0.15, 0.2) is 0 Å². The van der Waals surface area contributed by atoms with Gasteiger partial charge < -0.3 is 0 Å². The van der Waals surface area contributed by atoms with Gasteiger partial charge in [0.1, 0.15) is 6.10 Å². The molecule has 1 unspecified atom stereocenters. The van der Waals surface area contributed by atoms with E-state index in [9.17, 15) is 4.57 Å². The van der Waals surface area contributed by atoms with Gasteiger partial charge in [-0.05, 0) is 18.4 Å². The second-order valence-corrected chi connectivity index (χ2v) is 4.57. The molecule has 48 valence electrons. The standard InChI is InChI=1S/C4H10O2PS/c1-4(2)6-7(5)8-3/h4H,1-3H3/q+1. The molecule has 0 bridgehead atoms. The molecule has 0 aromatic heterocycles. The molecule has 0 saturated heterocycles. The maximum Gasteiger partial charge on any atom is 0.585 e. The predicted molar refractivity (Wildman–Crippen MR) is 37.3 cm³/mol. The third-order valence-electron chi connectivity index (χ3n) is 0.446. The SMILES string of the molecule is CS[P+](=O)OC(C)C. The van der Waals surface area contributed by atoms with Crippen LogP contribution in [0.4, 0.5) is 0 Å². The molecule has 0 rings (SSSR count). The van der Waals surface area contributed by atoms with E-state index in [1.807, 2.05) is 13.8 Å². The highest BCUT2D eigenvalue weighted by atomic mass is 32.7. The van der Waals surface area contributed by atoms with Gasteiger partial charge in [0.2, 0.25) is 0 Å². The molecule has 0 amide bonds. The van der Waals surface area contributed by atoms with Crippen molar-refractivity contribution in [2.75, 3.05) is 6.26 Å². The number of rotatable bonds is 3. The Bertz CT molecular complexity index is 84.1. The molecule has 0 heterocycles. The number of hydrogen-bond donors (Lipinski definition) is 0. The van der Waals surface area contributed by atoms with Gasteiger partial charge in [-0.25, -0.2) is 0 Å². The Balaban J connectivity index is 3.25. The van der Waals surface area contributed by atoms with Gasteiger partial charge in [0.25, 0.3) is 0 Å². The van der Waals surface area contributed by atoms with E-state index in [-0.39, 0.29) is 6.10 Å². The Morgan fingerprint density at radius 3 is 2.25 bits per heavy atom. The van der Waals surface area contributed by atoms with Crippen LogP contribution < -0.4 is 0 Å². The van der Waals surface area contributed by atoms with E-state index in [0.717, 1.165) is 0 Å². The fraction of sp³-hybridized carbons (Fsp3) is 1.00. The van der Waals surface area contributed by atoms with Gasteiger partial charge in [0, 0.05) is 6.26 Å². The van der Waals surface area contributed by atoms with Crippen molar-refractivity contribution >= 4 is 18.6 Å². The summed E-state index contributed by atoms with van der Waals surface area (Å²) in [6.07, 6.45) is 1.84. The molecule has 0 spiro atoms. The quantitative estimate of drug-likeness (QED) is 0.582. The monoisotopic (exact) mass is 153 g/mol. The smallest absolute Gasteiger partial charge is 0.133 e. The highest BCUT2D eigenvalue weighted by Gasteiger charge is 2.17. The van der Waals surface area contributed by atoms with Crippen LogP contribution in [0.2, 0.25) is 0 Å². The minimum Gasteiger partial charge on any atom is -0.133 e. The van der Waals surface area contributed by atoms with Crippen LogP contribution in [0, 0.1) is 0 Å². The van der Waals surface area contributed by atoms with Crippen LogP contribution >= 0.6 is 18.6 Å². The third kappa shape index (κ3) is 4.57. The van der Waals surface area contributed by atoms with Crippen molar-refractivity contribution in [3.05, 3.63) is 0 Å². The lowest BCUT2D eigenvalue weighted by molar-refractivity contribution is 0.264. The molecule has 0 N–H and O–H groups in total. The van der Waals surface area contributed by atoms with E-state index in [1.165, 1.54) is 11.4 Å². The first kappa shape index (κ1) is 8.41. The summed E-state index contributed by atoms with van der Waals surface area (Å²) in [6, 6.07) is 0. The lowest BCUT2D eigenvalue weighted by Crippen LogP contribution is -1.92. The van der Waals surface area contributed by atoms with Crippen molar-refractivity contribution in [1.82, 2.24) is 0 Å². The normalized spacial score (nSPS) is 12.2. The maximum absolute atomic E-state index is 10.5. The molecular formula is C4H10O2PS+. The van der Waals surface area contributed by atoms with Crippen LogP contribution in [-0.4, -0.2) is 12.4 Å². The lowest BCUT2D eigenvalue weighted by Gasteiger charge is -1.88. The van der Waals surface area contributed by atoms with E-state index >= 15 is 0 Å². The fourth-order valence-electron chi connectivity index (χ4n) is 0.215. The van der Waals surface area contributed by atoms with Crippen LogP contribution in [0.5, 0.6) is 0 Å². The second-order valence-electron chi connectivity index (χ2n) is 1.56. The van der Waals surface area contributed by atoms with Gasteiger partial charge in [-0.3, -0.25) is 0 Å². The maximum atomic E-state index is 10.5. The van der Waals surface area contributed by atoms with E-state index in [0.29, 0.717) is 0 Å². The molecule has 0 radical (unpaired) electrons. The molecule has 0 fully saturated rings. The van der Waals surface area contributed by atoms with E-state index in [2.05, 4.69) is 0 Å². The molecule has 0 aliphatic rings. The topological polar surface area (TPSA) is 26.3 Å². The average molecular weight is 153 g/mol. The molecule has 0 aromatic rings. The predicted octanol–water partition coefficient (Wildman–Crippen LogP) is 2.43. The molecule has 0 saturated carbocycles. The zero-order valence-electron chi connectivity index (χ0n) is 5.25. The van der Waals surface area contributed by atoms with E-state index in [1.54, 1.807) is 6.26 Å². The summed E-state index contributed by atoms with van der Waals surface area (Å²) in [4.78, 5) is 0. The highest BCUT2D eigenvalue weighted by molar-refractivity contribution is 8.49. The Hall–Kier alpha value is 0.410. The summed E-state index contributed by atoms with van der Waals surface area (Å²) < 4.78 is 15.4. The highest BCUT2D eigenvalue weighted by Crippen LogP contribution is 2.37. The molecule has 0 aliphatic heterocycles. The minimum absolute atomic E-state index is 0.0751. The second kappa shape index (κ2) is 4.30. The molecule has 4 heteroatoms. The Kier molecular flexibility index (Phi) is 4.53. The van der Waals surface area contributed by atoms with Crippen molar-refractivity contribution in [3.63, 3.8) is 0 Å². The molecule has 0 aliphatic carbocycles. The summed E-state index contributed by atoms with van der Waals surface area (Å²) in [5, 5.41) is 0. The zero-order valence-corrected chi connectivity index (χ0v) is 6.96. The van der Waals surface area contributed by atoms with Crippen LogP contribution in [0.25, 0.3) is 0 Å². The van der Waals surface area contributed by atoms with Crippen LogP contribution in [0.3, 0.4) is 0 Å². The summed E-state index contributed by atoms with van der Waals surface area (Å²) >= 11 is 1.24. The summed E-state index contributed by atoms with van der Waals surface area (Å²) in [7, 11) is -1.45. The molecule has 1 atom stereocenters. The van der Waals surface area contributed by atoms with Gasteiger partial charge >= 0.3 is 7.23 Å². The van der Waals surface area contributed by atoms with Crippen molar-refractivity contribution in [1.29, 1.82) is 0 Å². The summed E-state index contributed by atoms with van der Waals surface area (Å²) in [5.74, 6) is 0. The Labute approximate surface area is 54.6 Å². The van der Waals surface area contributed by atoms with Crippen molar-refractivity contribution in [2.45, 2.75) is 20.0 Å². The van der Waals surface area contributed by atoms with E-state index in [4.69, 9.17) is 4.52 Å². The summed E-state index contributed by atoms with van der Waals surface area (Å²) in [6.45, 7) is 3.73. The van der Waals surface area contributed by atoms with Gasteiger partial charge in [-0.15, -0.1) is 4.52 Å². The summed E-state index contributed by atoms with van der Waals surface area (Å²) in [5.41, 5.74) is 0. The van der Waals surface area contributed by atoms with Crippen LogP contribution in [0.1, 0.15) is 13.8 Å². The van der Waals surface area contributed by atoms with Crippen LogP contribution in [-0.2, 0) is 9.09 Å². The van der Waals surface area contributed by atoms with Crippen molar-refractivity contribution in [2.24, 2.45) is 0 Å². The first-order valence-corrected chi connectivity index (χ1v) is 5.35. The first-order valence-electron chi connectivity index (χ1n) is 2.35. The zero-order chi connectivity index (χ0) is 6.57. The lowest BCUT2D eigenvalue weighted by atomic mass is 10.5. The third-order valence-corrected chi connectivity index (χ3v) is 2.49. The Morgan fingerprint density at radius 1 is 1.62 bits per heavy atom. The van der Waals surface area contributed by atoms with Gasteiger partial charge in [-0.1, -0.05) is 0 Å². The van der Waals surface area contributed by atoms with Crippen molar-refractivity contribution < 1.29 is 9.09 Å². The largest absolute Gasteiger partial charge is 0.585 e. The van der Waals surface area contributed by atoms with Crippen molar-refractivity contribution in [3.8, 4) is 0 Å². The van der Waals surface area contributed by atoms with Gasteiger partial charge in [0.15, 0.2) is 11.4 Å². The van der Waals surface area contributed by atoms with Gasteiger partial charge in [-0.2, -0.15) is 0 Å². The molecule has 0 aromatic carbocycles. The number of hydrogen-bond acceptors (Lipinski definition) is 3.